The predicted octanol–water partition coefficient (Wildman–Crippen LogP) is 0.00280. The number of ketones is 1. The highest BCUT2D eigenvalue weighted by molar-refractivity contribution is 6.33. The second-order valence-electron chi connectivity index (χ2n) is 3.43. The van der Waals surface area contributed by atoms with Gasteiger partial charge in [-0.2, -0.15) is 0 Å². The Labute approximate surface area is 73.2 Å². The van der Waals surface area contributed by atoms with Crippen molar-refractivity contribution in [3.8, 4) is 0 Å². The topological polar surface area (TPSA) is 17.1 Å². The smallest absolute Gasteiger partial charge is 0.139 e. The van der Waals surface area contributed by atoms with E-state index in [1.165, 1.54) is 16.6 Å². The average Bonchev–Trinajstić information content (AvgIpc) is 2.07. The molecule has 0 unspecified atom stereocenters. The van der Waals surface area contributed by atoms with Crippen LogP contribution in [0.1, 0.15) is 17.5 Å². The van der Waals surface area contributed by atoms with Crippen LogP contribution in [0.15, 0.2) is 18.2 Å². The van der Waals surface area contributed by atoms with Crippen molar-refractivity contribution in [1.82, 2.24) is 0 Å². The number of Topliss-reactive ketones (excluding diaryl/α,β-unsaturated/α-hetero) is 1. The molecule has 0 N–H and O–H groups in total. The van der Waals surface area contributed by atoms with Crippen LogP contribution in [0.4, 0.5) is 0 Å². The average molecular weight is 158 g/mol. The Kier molecular flexibility index (Phi) is 1.76. The maximum Gasteiger partial charge on any atom is 0.139 e. The molecule has 0 amide bonds. The normalized spacial score (nSPS) is 15.8. The second kappa shape index (κ2) is 2.78. The Morgan fingerprint density at radius 1 is 1.25 bits per heavy atom. The summed E-state index contributed by atoms with van der Waals surface area (Å²) < 4.78 is 0. The molecule has 2 heteroatoms. The highest BCUT2D eigenvalue weighted by Crippen LogP contribution is 2.16. The molecule has 60 valence electrons. The highest BCUT2D eigenvalue weighted by atomic mass is 16.1. The summed E-state index contributed by atoms with van der Waals surface area (Å²) >= 11 is 0. The van der Waals surface area contributed by atoms with Crippen LogP contribution in [-0.2, 0) is 17.6 Å². The minimum absolute atomic E-state index is 0.386. The first-order chi connectivity index (χ1) is 5.77. The van der Waals surface area contributed by atoms with Gasteiger partial charge in [0.05, 0.1) is 0 Å². The molecule has 1 aliphatic carbocycles. The molecule has 0 aromatic heterocycles. The van der Waals surface area contributed by atoms with Crippen molar-refractivity contribution in [2.75, 3.05) is 0 Å². The van der Waals surface area contributed by atoms with E-state index in [1.807, 2.05) is 0 Å². The van der Waals surface area contributed by atoms with Crippen molar-refractivity contribution < 1.29 is 4.79 Å². The maximum atomic E-state index is 11.2. The van der Waals surface area contributed by atoms with Crippen LogP contribution in [0.25, 0.3) is 0 Å². The molecule has 1 aromatic carbocycles. The summed E-state index contributed by atoms with van der Waals surface area (Å²) in [4.78, 5) is 11.2. The standard InChI is InChI=1S/C10H11BO/c11-10-3-1-2-7-4-5-8(12)6-9(7)10/h1-3H,4-6,11H2. The van der Waals surface area contributed by atoms with Gasteiger partial charge >= 0.3 is 0 Å². The van der Waals surface area contributed by atoms with E-state index in [-0.39, 0.29) is 0 Å². The Morgan fingerprint density at radius 2 is 2.08 bits per heavy atom. The molecule has 0 aliphatic heterocycles. The van der Waals surface area contributed by atoms with Gasteiger partial charge in [0, 0.05) is 12.8 Å². The van der Waals surface area contributed by atoms with E-state index in [0.717, 1.165) is 12.8 Å². The molecule has 2 rings (SSSR count). The lowest BCUT2D eigenvalue weighted by molar-refractivity contribution is -0.118. The monoisotopic (exact) mass is 158 g/mol. The molecule has 0 atom stereocenters. The first kappa shape index (κ1) is 7.60. The number of carbonyl (C=O) groups is 1. The summed E-state index contributed by atoms with van der Waals surface area (Å²) in [5.74, 6) is 0.386. The van der Waals surface area contributed by atoms with Crippen LogP contribution in [0, 0.1) is 0 Å². The van der Waals surface area contributed by atoms with Gasteiger partial charge in [0.2, 0.25) is 0 Å². The Morgan fingerprint density at radius 3 is 2.92 bits per heavy atom. The van der Waals surface area contributed by atoms with E-state index in [1.54, 1.807) is 0 Å². The molecule has 12 heavy (non-hydrogen) atoms. The fraction of sp³-hybridized carbons (Fsp3) is 0.300. The number of fused-ring (bicyclic) bond motifs is 1. The van der Waals surface area contributed by atoms with Crippen molar-refractivity contribution in [2.24, 2.45) is 0 Å². The van der Waals surface area contributed by atoms with E-state index in [2.05, 4.69) is 26.0 Å². The first-order valence-corrected chi connectivity index (χ1v) is 4.36. The van der Waals surface area contributed by atoms with Crippen molar-refractivity contribution in [3.05, 3.63) is 29.3 Å². The number of hydrogen-bond acceptors (Lipinski definition) is 1. The van der Waals surface area contributed by atoms with Crippen molar-refractivity contribution in [2.45, 2.75) is 19.3 Å². The predicted molar refractivity (Wildman–Crippen MR) is 51.7 cm³/mol. The fourth-order valence-corrected chi connectivity index (χ4v) is 1.81. The van der Waals surface area contributed by atoms with E-state index in [0.29, 0.717) is 12.2 Å². The van der Waals surface area contributed by atoms with Gasteiger partial charge in [-0.1, -0.05) is 23.7 Å². The molecule has 1 aromatic rings. The van der Waals surface area contributed by atoms with Crippen LogP contribution in [0.5, 0.6) is 0 Å². The van der Waals surface area contributed by atoms with Gasteiger partial charge in [0.1, 0.15) is 13.6 Å². The van der Waals surface area contributed by atoms with Gasteiger partial charge in [-0.05, 0) is 17.5 Å². The Hall–Kier alpha value is -1.05. The fourth-order valence-electron chi connectivity index (χ4n) is 1.81. The van der Waals surface area contributed by atoms with Gasteiger partial charge in [-0.15, -0.1) is 0 Å². The summed E-state index contributed by atoms with van der Waals surface area (Å²) in [6.45, 7) is 0. The van der Waals surface area contributed by atoms with E-state index in [9.17, 15) is 4.79 Å². The largest absolute Gasteiger partial charge is 0.299 e. The minimum Gasteiger partial charge on any atom is -0.299 e. The number of rotatable bonds is 0. The van der Waals surface area contributed by atoms with Gasteiger partial charge in [-0.25, -0.2) is 0 Å². The highest BCUT2D eigenvalue weighted by Gasteiger charge is 2.15. The molecule has 0 radical (unpaired) electrons. The zero-order valence-electron chi connectivity index (χ0n) is 7.26. The lowest BCUT2D eigenvalue weighted by atomic mass is 9.81. The van der Waals surface area contributed by atoms with Gasteiger partial charge in [0.15, 0.2) is 0 Å². The van der Waals surface area contributed by atoms with Crippen LogP contribution >= 0.6 is 0 Å². The summed E-state index contributed by atoms with van der Waals surface area (Å²) in [7, 11) is 2.08. The van der Waals surface area contributed by atoms with E-state index < -0.39 is 0 Å². The number of hydrogen-bond donors (Lipinski definition) is 0. The van der Waals surface area contributed by atoms with E-state index in [4.69, 9.17) is 0 Å². The maximum absolute atomic E-state index is 11.2. The third-order valence-corrected chi connectivity index (χ3v) is 2.55. The number of carbonyl (C=O) groups excluding carboxylic acids is 1. The minimum atomic E-state index is 0.386. The van der Waals surface area contributed by atoms with Gasteiger partial charge in [-0.3, -0.25) is 4.79 Å². The van der Waals surface area contributed by atoms with Crippen molar-refractivity contribution in [3.63, 3.8) is 0 Å². The molecule has 0 saturated heterocycles. The third-order valence-electron chi connectivity index (χ3n) is 2.55. The molecular weight excluding hydrogens is 147 g/mol. The lowest BCUT2D eigenvalue weighted by Crippen LogP contribution is -2.22. The van der Waals surface area contributed by atoms with Crippen LogP contribution in [0.3, 0.4) is 0 Å². The Balaban J connectivity index is 2.50. The van der Waals surface area contributed by atoms with Crippen LogP contribution < -0.4 is 5.46 Å². The quantitative estimate of drug-likeness (QED) is 0.486. The second-order valence-corrected chi connectivity index (χ2v) is 3.43. The van der Waals surface area contributed by atoms with E-state index >= 15 is 0 Å². The molecule has 0 spiro atoms. The van der Waals surface area contributed by atoms with Gasteiger partial charge in [0.25, 0.3) is 0 Å². The Bertz CT molecular complexity index is 331. The van der Waals surface area contributed by atoms with Crippen molar-refractivity contribution in [1.29, 1.82) is 0 Å². The number of aryl methyl sites for hydroxylation is 1. The number of benzene rings is 1. The van der Waals surface area contributed by atoms with Crippen LogP contribution in [0.2, 0.25) is 0 Å². The summed E-state index contributed by atoms with van der Waals surface area (Å²) in [5, 5.41) is 0. The van der Waals surface area contributed by atoms with Gasteiger partial charge < -0.3 is 0 Å². The third kappa shape index (κ3) is 1.18. The molecule has 0 saturated carbocycles. The molecule has 0 heterocycles. The zero-order valence-corrected chi connectivity index (χ0v) is 7.26. The first-order valence-electron chi connectivity index (χ1n) is 4.36. The molecule has 1 nitrogen and oxygen atoms in total. The van der Waals surface area contributed by atoms with Crippen molar-refractivity contribution >= 4 is 19.1 Å². The molecule has 1 aliphatic rings. The molecule has 0 fully saturated rings. The summed E-state index contributed by atoms with van der Waals surface area (Å²) in [5.41, 5.74) is 3.91. The SMILES string of the molecule is Bc1cccc2c1CC(=O)CC2. The molecular formula is C10H11BO. The summed E-state index contributed by atoms with van der Waals surface area (Å²) in [6, 6.07) is 6.29. The molecule has 0 bridgehead atoms. The summed E-state index contributed by atoms with van der Waals surface area (Å²) in [6.07, 6.45) is 2.33. The lowest BCUT2D eigenvalue weighted by Gasteiger charge is -2.16. The van der Waals surface area contributed by atoms with Crippen LogP contribution in [-0.4, -0.2) is 13.6 Å². The zero-order chi connectivity index (χ0) is 8.55.